The average Bonchev–Trinajstić information content (AvgIpc) is 2.72. The van der Waals surface area contributed by atoms with Crippen LogP contribution in [0, 0.1) is 5.41 Å². The summed E-state index contributed by atoms with van der Waals surface area (Å²) in [4.78, 5) is 12.3. The number of aliphatic carboxylic acids is 1. The van der Waals surface area contributed by atoms with Gasteiger partial charge in [-0.1, -0.05) is 0 Å². The highest BCUT2D eigenvalue weighted by atomic mass is 19.4. The van der Waals surface area contributed by atoms with Gasteiger partial charge in [0.1, 0.15) is 0 Å². The summed E-state index contributed by atoms with van der Waals surface area (Å²) >= 11 is 0. The third-order valence-corrected chi connectivity index (χ3v) is 3.96. The highest BCUT2D eigenvalue weighted by Crippen LogP contribution is 2.46. The van der Waals surface area contributed by atoms with Crippen molar-refractivity contribution >= 4 is 5.97 Å². The van der Waals surface area contributed by atoms with E-state index in [-0.39, 0.29) is 19.4 Å². The number of likely N-dealkylation sites (tertiary alicyclic amines) is 1. The Labute approximate surface area is 117 Å². The summed E-state index contributed by atoms with van der Waals surface area (Å²) in [6.07, 6.45) is -10.8. The average molecular weight is 321 g/mol. The van der Waals surface area contributed by atoms with Crippen molar-refractivity contribution in [3.8, 4) is 0 Å². The fourth-order valence-corrected chi connectivity index (χ4v) is 2.52. The molecule has 2 unspecified atom stereocenters. The van der Waals surface area contributed by atoms with Gasteiger partial charge in [0.15, 0.2) is 5.41 Å². The van der Waals surface area contributed by atoms with Crippen LogP contribution in [0.5, 0.6) is 0 Å². The monoisotopic (exact) mass is 321 g/mol. The molecule has 0 saturated carbocycles. The number of hydrogen-bond acceptors (Lipinski definition) is 2. The first-order valence-electron chi connectivity index (χ1n) is 6.50. The van der Waals surface area contributed by atoms with Crippen LogP contribution in [0.15, 0.2) is 0 Å². The van der Waals surface area contributed by atoms with Crippen molar-refractivity contribution in [3.63, 3.8) is 0 Å². The van der Waals surface area contributed by atoms with Gasteiger partial charge in [-0.15, -0.1) is 0 Å². The molecule has 0 spiro atoms. The van der Waals surface area contributed by atoms with Gasteiger partial charge in [0, 0.05) is 19.0 Å². The topological polar surface area (TPSA) is 40.5 Å². The minimum Gasteiger partial charge on any atom is -0.481 e. The lowest BCUT2D eigenvalue weighted by atomic mass is 9.86. The van der Waals surface area contributed by atoms with E-state index in [0.29, 0.717) is 0 Å². The van der Waals surface area contributed by atoms with Gasteiger partial charge in [0.25, 0.3) is 0 Å². The molecule has 2 atom stereocenters. The number of rotatable bonds is 5. The molecule has 1 heterocycles. The molecule has 1 aliphatic rings. The summed E-state index contributed by atoms with van der Waals surface area (Å²) in [6, 6.07) is -0.518. The van der Waals surface area contributed by atoms with Crippen molar-refractivity contribution in [2.24, 2.45) is 5.41 Å². The highest BCUT2D eigenvalue weighted by Gasteiger charge is 2.63. The Bertz CT molecular complexity index is 381. The van der Waals surface area contributed by atoms with Gasteiger partial charge in [-0.25, -0.2) is 0 Å². The van der Waals surface area contributed by atoms with E-state index in [1.807, 2.05) is 0 Å². The Kier molecular flexibility index (Phi) is 5.18. The molecule has 0 radical (unpaired) electrons. The highest BCUT2D eigenvalue weighted by molar-refractivity contribution is 5.76. The lowest BCUT2D eigenvalue weighted by Crippen LogP contribution is -2.48. The van der Waals surface area contributed by atoms with Gasteiger partial charge in [0.05, 0.1) is 0 Å². The second kappa shape index (κ2) is 6.02. The second-order valence-electron chi connectivity index (χ2n) is 5.46. The minimum absolute atomic E-state index is 0.0765. The van der Waals surface area contributed by atoms with Crippen molar-refractivity contribution < 1.29 is 36.2 Å². The molecule has 124 valence electrons. The van der Waals surface area contributed by atoms with E-state index >= 15 is 0 Å². The van der Waals surface area contributed by atoms with Crippen molar-refractivity contribution in [1.29, 1.82) is 0 Å². The van der Waals surface area contributed by atoms with Gasteiger partial charge in [-0.3, -0.25) is 9.69 Å². The molecule has 1 saturated heterocycles. The lowest BCUT2D eigenvalue weighted by molar-refractivity contribution is -0.227. The van der Waals surface area contributed by atoms with E-state index in [0.717, 1.165) is 0 Å². The van der Waals surface area contributed by atoms with E-state index in [4.69, 9.17) is 5.11 Å². The normalized spacial score (nSPS) is 26.0. The molecule has 0 bridgehead atoms. The van der Waals surface area contributed by atoms with Crippen LogP contribution in [0.1, 0.15) is 32.6 Å². The Balaban J connectivity index is 2.62. The van der Waals surface area contributed by atoms with Crippen LogP contribution >= 0.6 is 0 Å². The number of carboxylic acid groups (broad SMARTS) is 1. The van der Waals surface area contributed by atoms with Crippen LogP contribution < -0.4 is 0 Å². The quantitative estimate of drug-likeness (QED) is 0.789. The molecule has 0 amide bonds. The summed E-state index contributed by atoms with van der Waals surface area (Å²) in [7, 11) is 0. The molecule has 0 aromatic heterocycles. The summed E-state index contributed by atoms with van der Waals surface area (Å²) in [6.45, 7) is 0.725. The molecule has 3 nitrogen and oxygen atoms in total. The van der Waals surface area contributed by atoms with Gasteiger partial charge < -0.3 is 5.11 Å². The third-order valence-electron chi connectivity index (χ3n) is 3.96. The molecule has 1 N–H and O–H groups in total. The summed E-state index contributed by atoms with van der Waals surface area (Å²) < 4.78 is 75.0. The van der Waals surface area contributed by atoms with Crippen LogP contribution in [-0.4, -0.2) is 47.5 Å². The van der Waals surface area contributed by atoms with Crippen molar-refractivity contribution in [3.05, 3.63) is 0 Å². The molecule has 1 fully saturated rings. The molecule has 9 heteroatoms. The minimum atomic E-state index is -4.88. The van der Waals surface area contributed by atoms with E-state index in [1.54, 1.807) is 0 Å². The predicted molar refractivity (Wildman–Crippen MR) is 61.7 cm³/mol. The Morgan fingerprint density at radius 2 is 1.86 bits per heavy atom. The summed E-state index contributed by atoms with van der Waals surface area (Å²) in [5, 5.41) is 8.89. The van der Waals surface area contributed by atoms with Crippen molar-refractivity contribution in [2.75, 3.05) is 13.1 Å². The van der Waals surface area contributed by atoms with Gasteiger partial charge in [-0.05, 0) is 32.7 Å². The zero-order valence-electron chi connectivity index (χ0n) is 11.4. The SMILES string of the molecule is CC(CCCC(F)(F)F)N1CCC(C(=O)O)(C(F)(F)F)C1. The molecule has 21 heavy (non-hydrogen) atoms. The smallest absolute Gasteiger partial charge is 0.406 e. The van der Waals surface area contributed by atoms with Crippen LogP contribution in [0.25, 0.3) is 0 Å². The van der Waals surface area contributed by atoms with E-state index < -0.39 is 49.2 Å². The van der Waals surface area contributed by atoms with E-state index in [1.165, 1.54) is 11.8 Å². The molecule has 1 rings (SSSR count). The predicted octanol–water partition coefficient (Wildman–Crippen LogP) is 3.45. The summed E-state index contributed by atoms with van der Waals surface area (Å²) in [5.74, 6) is -1.93. The molecular formula is C12H17F6NO2. The Morgan fingerprint density at radius 1 is 1.29 bits per heavy atom. The number of carbonyl (C=O) groups is 1. The first-order valence-corrected chi connectivity index (χ1v) is 6.50. The van der Waals surface area contributed by atoms with Crippen LogP contribution in [-0.2, 0) is 4.79 Å². The first kappa shape index (κ1) is 18.1. The van der Waals surface area contributed by atoms with E-state index in [9.17, 15) is 31.1 Å². The largest absolute Gasteiger partial charge is 0.481 e. The Morgan fingerprint density at radius 3 is 2.24 bits per heavy atom. The summed E-state index contributed by atoms with van der Waals surface area (Å²) in [5.41, 5.74) is -2.81. The number of hydrogen-bond donors (Lipinski definition) is 1. The zero-order chi connectivity index (χ0) is 16.5. The fourth-order valence-electron chi connectivity index (χ4n) is 2.52. The van der Waals surface area contributed by atoms with Gasteiger partial charge in [-0.2, -0.15) is 26.3 Å². The number of halogens is 6. The first-order chi connectivity index (χ1) is 9.39. The zero-order valence-corrected chi connectivity index (χ0v) is 11.4. The van der Waals surface area contributed by atoms with Crippen molar-refractivity contribution in [2.45, 2.75) is 51.0 Å². The van der Waals surface area contributed by atoms with Crippen molar-refractivity contribution in [1.82, 2.24) is 4.90 Å². The Hall–Kier alpha value is -0.990. The molecule has 0 aromatic rings. The van der Waals surface area contributed by atoms with E-state index in [2.05, 4.69) is 0 Å². The maximum absolute atomic E-state index is 13.0. The molecular weight excluding hydrogens is 304 g/mol. The fraction of sp³-hybridized carbons (Fsp3) is 0.917. The van der Waals surface area contributed by atoms with Gasteiger partial charge >= 0.3 is 18.3 Å². The maximum Gasteiger partial charge on any atom is 0.406 e. The van der Waals surface area contributed by atoms with Gasteiger partial charge in [0.2, 0.25) is 0 Å². The second-order valence-corrected chi connectivity index (χ2v) is 5.46. The maximum atomic E-state index is 13.0. The molecule has 0 aliphatic carbocycles. The lowest BCUT2D eigenvalue weighted by Gasteiger charge is -2.29. The number of nitrogens with zero attached hydrogens (tertiary/aromatic N) is 1. The number of carboxylic acids is 1. The van der Waals surface area contributed by atoms with Crippen LogP contribution in [0.3, 0.4) is 0 Å². The molecule has 0 aromatic carbocycles. The number of alkyl halides is 6. The molecule has 1 aliphatic heterocycles. The van der Waals surface area contributed by atoms with Crippen LogP contribution in [0.2, 0.25) is 0 Å². The van der Waals surface area contributed by atoms with Crippen LogP contribution in [0.4, 0.5) is 26.3 Å². The standard InChI is InChI=1S/C12H17F6NO2/c1-8(3-2-4-11(13,14)15)19-6-5-10(7-19,9(20)21)12(16,17)18/h8H,2-7H2,1H3,(H,20,21). The third kappa shape index (κ3) is 4.24.